The SMILES string of the molecule is Cc1cnc(N2CCN(C(=O)c3ccc(N4CNC[C@H]4C)nc3)CC2)c(C)c1. The first-order chi connectivity index (χ1) is 13.5. The minimum Gasteiger partial charge on any atom is -0.353 e. The van der Waals surface area contributed by atoms with Gasteiger partial charge in [0.1, 0.15) is 11.6 Å². The number of piperazine rings is 1. The number of pyridine rings is 2. The van der Waals surface area contributed by atoms with Crippen molar-refractivity contribution in [3.05, 3.63) is 47.3 Å². The highest BCUT2D eigenvalue weighted by atomic mass is 16.2. The van der Waals surface area contributed by atoms with Crippen molar-refractivity contribution in [2.24, 2.45) is 0 Å². The van der Waals surface area contributed by atoms with Crippen molar-refractivity contribution < 1.29 is 4.79 Å². The molecule has 148 valence electrons. The van der Waals surface area contributed by atoms with Crippen LogP contribution in [0, 0.1) is 13.8 Å². The summed E-state index contributed by atoms with van der Waals surface area (Å²) in [6.45, 7) is 11.1. The topological polar surface area (TPSA) is 64.6 Å². The van der Waals surface area contributed by atoms with Gasteiger partial charge in [0.05, 0.1) is 12.2 Å². The molecule has 28 heavy (non-hydrogen) atoms. The van der Waals surface area contributed by atoms with Gasteiger partial charge >= 0.3 is 0 Å². The monoisotopic (exact) mass is 380 g/mol. The highest BCUT2D eigenvalue weighted by molar-refractivity contribution is 5.94. The minimum absolute atomic E-state index is 0.0554. The van der Waals surface area contributed by atoms with E-state index in [0.717, 1.165) is 37.9 Å². The van der Waals surface area contributed by atoms with Crippen molar-refractivity contribution in [2.75, 3.05) is 49.2 Å². The van der Waals surface area contributed by atoms with Crippen molar-refractivity contribution in [1.29, 1.82) is 0 Å². The third-order valence-electron chi connectivity index (χ3n) is 5.60. The Hall–Kier alpha value is -2.67. The van der Waals surface area contributed by atoms with Gasteiger partial charge in [0.2, 0.25) is 0 Å². The number of anilines is 2. The Morgan fingerprint density at radius 1 is 1.11 bits per heavy atom. The summed E-state index contributed by atoms with van der Waals surface area (Å²) in [5, 5.41) is 3.34. The molecule has 7 nitrogen and oxygen atoms in total. The molecule has 2 aromatic rings. The Balaban J connectivity index is 1.38. The van der Waals surface area contributed by atoms with Gasteiger partial charge in [-0.25, -0.2) is 9.97 Å². The summed E-state index contributed by atoms with van der Waals surface area (Å²) in [6, 6.07) is 6.42. The summed E-state index contributed by atoms with van der Waals surface area (Å²) < 4.78 is 0. The third kappa shape index (κ3) is 3.67. The van der Waals surface area contributed by atoms with Crippen molar-refractivity contribution in [1.82, 2.24) is 20.2 Å². The fourth-order valence-corrected chi connectivity index (χ4v) is 3.99. The number of hydrogen-bond donors (Lipinski definition) is 1. The maximum atomic E-state index is 12.9. The van der Waals surface area contributed by atoms with E-state index in [0.29, 0.717) is 24.7 Å². The van der Waals surface area contributed by atoms with Crippen LogP contribution in [0.25, 0.3) is 0 Å². The smallest absolute Gasteiger partial charge is 0.255 e. The van der Waals surface area contributed by atoms with Crippen molar-refractivity contribution in [2.45, 2.75) is 26.8 Å². The van der Waals surface area contributed by atoms with E-state index in [2.05, 4.69) is 51.9 Å². The van der Waals surface area contributed by atoms with Gasteiger partial charge < -0.3 is 14.7 Å². The second-order valence-electron chi connectivity index (χ2n) is 7.77. The Morgan fingerprint density at radius 3 is 2.50 bits per heavy atom. The Bertz CT molecular complexity index is 844. The number of amides is 1. The van der Waals surface area contributed by atoms with Gasteiger partial charge in [0.25, 0.3) is 5.91 Å². The van der Waals surface area contributed by atoms with Gasteiger partial charge in [-0.2, -0.15) is 0 Å². The van der Waals surface area contributed by atoms with E-state index in [1.807, 2.05) is 23.2 Å². The first kappa shape index (κ1) is 18.7. The van der Waals surface area contributed by atoms with Crippen LogP contribution in [-0.4, -0.2) is 66.2 Å². The lowest BCUT2D eigenvalue weighted by molar-refractivity contribution is 0.0746. The van der Waals surface area contributed by atoms with Crippen molar-refractivity contribution in [3.63, 3.8) is 0 Å². The summed E-state index contributed by atoms with van der Waals surface area (Å²) >= 11 is 0. The molecule has 2 aliphatic rings. The average Bonchev–Trinajstić information content (AvgIpc) is 3.14. The molecule has 0 saturated carbocycles. The molecule has 0 unspecified atom stereocenters. The fourth-order valence-electron chi connectivity index (χ4n) is 3.99. The number of carbonyl (C=O) groups is 1. The number of nitrogens with one attached hydrogen (secondary N) is 1. The van der Waals surface area contributed by atoms with Crippen molar-refractivity contribution in [3.8, 4) is 0 Å². The average molecular weight is 380 g/mol. The van der Waals surface area contributed by atoms with Gasteiger partial charge in [-0.1, -0.05) is 6.07 Å². The van der Waals surface area contributed by atoms with Gasteiger partial charge in [-0.15, -0.1) is 0 Å². The predicted molar refractivity (Wildman–Crippen MR) is 111 cm³/mol. The Morgan fingerprint density at radius 2 is 1.89 bits per heavy atom. The van der Waals surface area contributed by atoms with Crippen LogP contribution < -0.4 is 15.1 Å². The van der Waals surface area contributed by atoms with E-state index in [1.165, 1.54) is 11.1 Å². The predicted octanol–water partition coefficient (Wildman–Crippen LogP) is 1.81. The lowest BCUT2D eigenvalue weighted by Gasteiger charge is -2.36. The molecule has 2 aromatic heterocycles. The van der Waals surface area contributed by atoms with Crippen LogP contribution in [0.2, 0.25) is 0 Å². The van der Waals surface area contributed by atoms with E-state index >= 15 is 0 Å². The quantitative estimate of drug-likeness (QED) is 0.876. The maximum absolute atomic E-state index is 12.9. The number of nitrogens with zero attached hydrogens (tertiary/aromatic N) is 5. The molecule has 0 aromatic carbocycles. The van der Waals surface area contributed by atoms with Crippen LogP contribution in [0.5, 0.6) is 0 Å². The first-order valence-corrected chi connectivity index (χ1v) is 9.94. The van der Waals surface area contributed by atoms with Crippen LogP contribution in [0.3, 0.4) is 0 Å². The molecular formula is C21H28N6O. The van der Waals surface area contributed by atoms with E-state index in [4.69, 9.17) is 0 Å². The van der Waals surface area contributed by atoms with Crippen LogP contribution >= 0.6 is 0 Å². The molecule has 0 bridgehead atoms. The molecule has 4 rings (SSSR count). The first-order valence-electron chi connectivity index (χ1n) is 9.94. The zero-order valence-corrected chi connectivity index (χ0v) is 16.9. The Labute approximate surface area is 166 Å². The number of aryl methyl sites for hydroxylation is 2. The highest BCUT2D eigenvalue weighted by Crippen LogP contribution is 2.21. The summed E-state index contributed by atoms with van der Waals surface area (Å²) in [5.41, 5.74) is 3.01. The summed E-state index contributed by atoms with van der Waals surface area (Å²) in [6.07, 6.45) is 3.62. The second kappa shape index (κ2) is 7.75. The number of rotatable bonds is 3. The Kier molecular flexibility index (Phi) is 5.17. The second-order valence-corrected chi connectivity index (χ2v) is 7.77. The standard InChI is InChI=1S/C21H28N6O/c1-15-10-16(2)20(24-11-15)25-6-8-26(9-7-25)21(28)18-4-5-19(23-13-18)27-14-22-12-17(27)3/h4-5,10-11,13,17,22H,6-9,12,14H2,1-3H3/t17-/m1/s1. The molecule has 2 saturated heterocycles. The number of aromatic nitrogens is 2. The van der Waals surface area contributed by atoms with Gasteiger partial charge in [-0.3, -0.25) is 10.1 Å². The van der Waals surface area contributed by atoms with Crippen molar-refractivity contribution >= 4 is 17.5 Å². The number of hydrogen-bond acceptors (Lipinski definition) is 6. The molecule has 0 aliphatic carbocycles. The van der Waals surface area contributed by atoms with Gasteiger partial charge in [0, 0.05) is 51.2 Å². The van der Waals surface area contributed by atoms with Crippen LogP contribution in [0.15, 0.2) is 30.6 Å². The molecule has 4 heterocycles. The summed E-state index contributed by atoms with van der Waals surface area (Å²) in [7, 11) is 0. The molecule has 7 heteroatoms. The van der Waals surface area contributed by atoms with E-state index in [-0.39, 0.29) is 5.91 Å². The van der Waals surface area contributed by atoms with E-state index in [1.54, 1.807) is 6.20 Å². The van der Waals surface area contributed by atoms with E-state index in [9.17, 15) is 4.79 Å². The van der Waals surface area contributed by atoms with Gasteiger partial charge in [0.15, 0.2) is 0 Å². The molecular weight excluding hydrogens is 352 g/mol. The van der Waals surface area contributed by atoms with Crippen LogP contribution in [0.1, 0.15) is 28.4 Å². The minimum atomic E-state index is 0.0554. The molecule has 2 fully saturated rings. The lowest BCUT2D eigenvalue weighted by Crippen LogP contribution is -2.49. The molecule has 1 amide bonds. The lowest BCUT2D eigenvalue weighted by atomic mass is 10.2. The molecule has 1 N–H and O–H groups in total. The zero-order valence-electron chi connectivity index (χ0n) is 16.9. The zero-order chi connectivity index (χ0) is 19.7. The maximum Gasteiger partial charge on any atom is 0.255 e. The fraction of sp³-hybridized carbons (Fsp3) is 0.476. The molecule has 0 spiro atoms. The van der Waals surface area contributed by atoms with Crippen LogP contribution in [-0.2, 0) is 0 Å². The molecule has 0 radical (unpaired) electrons. The molecule has 1 atom stereocenters. The number of carbonyl (C=O) groups excluding carboxylic acids is 1. The van der Waals surface area contributed by atoms with Crippen LogP contribution in [0.4, 0.5) is 11.6 Å². The summed E-state index contributed by atoms with van der Waals surface area (Å²) in [4.78, 5) is 28.4. The van der Waals surface area contributed by atoms with E-state index < -0.39 is 0 Å². The summed E-state index contributed by atoms with van der Waals surface area (Å²) in [5.74, 6) is 2.00. The largest absolute Gasteiger partial charge is 0.353 e. The van der Waals surface area contributed by atoms with Gasteiger partial charge in [-0.05, 0) is 44.0 Å². The highest BCUT2D eigenvalue weighted by Gasteiger charge is 2.25. The molecule has 2 aliphatic heterocycles. The third-order valence-corrected chi connectivity index (χ3v) is 5.60. The normalized spacial score (nSPS) is 20.0.